The number of hydrogen-bond donors (Lipinski definition) is 1. The number of aliphatic carboxylic acids is 1. The molecule has 3 aromatic rings. The number of hydrogen-bond acceptors (Lipinski definition) is 6. The molecule has 1 aliphatic heterocycles. The van der Waals surface area contributed by atoms with Crippen molar-refractivity contribution in [2.75, 3.05) is 20.3 Å². The van der Waals surface area contributed by atoms with Gasteiger partial charge in [0, 0.05) is 6.54 Å². The summed E-state index contributed by atoms with van der Waals surface area (Å²) in [6, 6.07) is 13.1. The topological polar surface area (TPSA) is 71.9 Å². The van der Waals surface area contributed by atoms with Gasteiger partial charge in [-0.3, -0.25) is 9.69 Å². The Kier molecular flexibility index (Phi) is 6.20. The van der Waals surface area contributed by atoms with E-state index in [-0.39, 0.29) is 6.04 Å². The summed E-state index contributed by atoms with van der Waals surface area (Å²) < 4.78 is 12.3. The number of likely N-dealkylation sites (tertiary alicyclic amines) is 1. The van der Waals surface area contributed by atoms with E-state index in [0.717, 1.165) is 33.6 Å². The molecule has 2 unspecified atom stereocenters. The van der Waals surface area contributed by atoms with E-state index in [4.69, 9.17) is 14.5 Å². The normalized spacial score (nSPS) is 18.3. The van der Waals surface area contributed by atoms with E-state index >= 15 is 0 Å². The number of piperidine rings is 1. The van der Waals surface area contributed by atoms with Crippen molar-refractivity contribution in [1.82, 2.24) is 9.88 Å². The van der Waals surface area contributed by atoms with Crippen LogP contribution in [0.25, 0.3) is 10.2 Å². The third-order valence-corrected chi connectivity index (χ3v) is 6.60. The van der Waals surface area contributed by atoms with Gasteiger partial charge in [0.15, 0.2) is 11.5 Å². The van der Waals surface area contributed by atoms with Gasteiger partial charge in [0.25, 0.3) is 0 Å². The maximum absolute atomic E-state index is 12.1. The first kappa shape index (κ1) is 20.6. The van der Waals surface area contributed by atoms with Crippen LogP contribution in [0.3, 0.4) is 0 Å². The summed E-state index contributed by atoms with van der Waals surface area (Å²) in [5.74, 6) is 0.545. The van der Waals surface area contributed by atoms with Gasteiger partial charge in [0.05, 0.1) is 30.0 Å². The van der Waals surface area contributed by atoms with Crippen molar-refractivity contribution in [1.29, 1.82) is 0 Å². The average Bonchev–Trinajstić information content (AvgIpc) is 3.18. The number of thiazole rings is 1. The van der Waals surface area contributed by atoms with E-state index in [9.17, 15) is 9.90 Å². The van der Waals surface area contributed by atoms with Gasteiger partial charge in [-0.1, -0.05) is 24.6 Å². The number of aromatic nitrogens is 1. The number of carboxylic acids is 1. The second kappa shape index (κ2) is 9.02. The van der Waals surface area contributed by atoms with Crippen molar-refractivity contribution < 1.29 is 19.4 Å². The molecule has 4 rings (SSSR count). The van der Waals surface area contributed by atoms with E-state index in [1.54, 1.807) is 18.4 Å². The minimum absolute atomic E-state index is 0.256. The fraction of sp³-hybridized carbons (Fsp3) is 0.391. The first-order valence-electron chi connectivity index (χ1n) is 10.3. The molecule has 2 aromatic carbocycles. The molecule has 1 fully saturated rings. The molecule has 0 radical (unpaired) electrons. The van der Waals surface area contributed by atoms with E-state index < -0.39 is 12.0 Å². The Balaban J connectivity index is 1.85. The molecule has 1 aromatic heterocycles. The standard InChI is InChI=1S/C23H26N2O4S/c1-3-29-19-14-15(11-12-18(19)28-2)21(25-13-7-6-9-17(25)23(26)27)22-24-16-8-4-5-10-20(16)30-22/h4-5,8,10-12,14,17,21H,3,6-7,9,13H2,1-2H3,(H,26,27). The van der Waals surface area contributed by atoms with Gasteiger partial charge in [-0.2, -0.15) is 0 Å². The maximum atomic E-state index is 12.1. The van der Waals surface area contributed by atoms with Crippen molar-refractivity contribution in [3.05, 3.63) is 53.0 Å². The predicted octanol–water partition coefficient (Wildman–Crippen LogP) is 4.73. The van der Waals surface area contributed by atoms with Gasteiger partial charge in [-0.15, -0.1) is 11.3 Å². The predicted molar refractivity (Wildman–Crippen MR) is 118 cm³/mol. The van der Waals surface area contributed by atoms with Gasteiger partial charge < -0.3 is 14.6 Å². The molecule has 7 heteroatoms. The fourth-order valence-electron chi connectivity index (χ4n) is 4.14. The maximum Gasteiger partial charge on any atom is 0.320 e. The number of benzene rings is 2. The highest BCUT2D eigenvalue weighted by atomic mass is 32.1. The zero-order valence-corrected chi connectivity index (χ0v) is 18.0. The molecular weight excluding hydrogens is 400 g/mol. The van der Waals surface area contributed by atoms with Crippen LogP contribution in [-0.2, 0) is 4.79 Å². The summed E-state index contributed by atoms with van der Waals surface area (Å²) >= 11 is 1.62. The molecule has 0 saturated carbocycles. The summed E-state index contributed by atoms with van der Waals surface area (Å²) in [6.07, 6.45) is 2.54. The lowest BCUT2D eigenvalue weighted by Crippen LogP contribution is -2.46. The average molecular weight is 427 g/mol. The minimum Gasteiger partial charge on any atom is -0.493 e. The molecule has 1 aliphatic rings. The lowest BCUT2D eigenvalue weighted by molar-refractivity contribution is -0.145. The number of fused-ring (bicyclic) bond motifs is 1. The van der Waals surface area contributed by atoms with Gasteiger partial charge in [0.2, 0.25) is 0 Å². The molecular formula is C23H26N2O4S. The molecule has 1 saturated heterocycles. The SMILES string of the molecule is CCOc1cc(C(c2nc3ccccc3s2)N2CCCCC2C(=O)O)ccc1OC. The highest BCUT2D eigenvalue weighted by molar-refractivity contribution is 7.18. The van der Waals surface area contributed by atoms with Crippen molar-refractivity contribution in [2.45, 2.75) is 38.3 Å². The Morgan fingerprint density at radius 2 is 2.10 bits per heavy atom. The van der Waals surface area contributed by atoms with Crippen LogP contribution in [0.4, 0.5) is 0 Å². The van der Waals surface area contributed by atoms with E-state index in [0.29, 0.717) is 31.1 Å². The Hall–Kier alpha value is -2.64. The molecule has 30 heavy (non-hydrogen) atoms. The van der Waals surface area contributed by atoms with Crippen LogP contribution >= 0.6 is 11.3 Å². The summed E-state index contributed by atoms with van der Waals surface area (Å²) in [6.45, 7) is 3.17. The summed E-state index contributed by atoms with van der Waals surface area (Å²) in [5, 5.41) is 10.8. The van der Waals surface area contributed by atoms with Crippen LogP contribution < -0.4 is 9.47 Å². The molecule has 158 valence electrons. The summed E-state index contributed by atoms with van der Waals surface area (Å²) in [7, 11) is 1.62. The quantitative estimate of drug-likeness (QED) is 0.589. The number of para-hydroxylation sites is 1. The number of carboxylic acid groups (broad SMARTS) is 1. The summed E-state index contributed by atoms with van der Waals surface area (Å²) in [4.78, 5) is 19.0. The highest BCUT2D eigenvalue weighted by Gasteiger charge is 2.37. The van der Waals surface area contributed by atoms with Crippen molar-refractivity contribution in [3.8, 4) is 11.5 Å². The molecule has 6 nitrogen and oxygen atoms in total. The smallest absolute Gasteiger partial charge is 0.320 e. The number of nitrogens with zero attached hydrogens (tertiary/aromatic N) is 2. The Bertz CT molecular complexity index is 1000. The second-order valence-corrected chi connectivity index (χ2v) is 8.42. The number of carbonyl (C=O) groups is 1. The van der Waals surface area contributed by atoms with Gasteiger partial charge >= 0.3 is 5.97 Å². The first-order chi connectivity index (χ1) is 14.6. The van der Waals surface area contributed by atoms with Crippen LogP contribution in [0.15, 0.2) is 42.5 Å². The molecule has 0 amide bonds. The molecule has 0 spiro atoms. The lowest BCUT2D eigenvalue weighted by Gasteiger charge is -2.38. The third-order valence-electron chi connectivity index (χ3n) is 5.51. The Morgan fingerprint density at radius 1 is 1.27 bits per heavy atom. The lowest BCUT2D eigenvalue weighted by atomic mass is 9.96. The van der Waals surface area contributed by atoms with Gasteiger partial charge in [-0.25, -0.2) is 4.98 Å². The summed E-state index contributed by atoms with van der Waals surface area (Å²) in [5.41, 5.74) is 1.90. The Morgan fingerprint density at radius 3 is 2.83 bits per heavy atom. The van der Waals surface area contributed by atoms with Crippen molar-refractivity contribution in [3.63, 3.8) is 0 Å². The van der Waals surface area contributed by atoms with Crippen LogP contribution in [0.5, 0.6) is 11.5 Å². The zero-order valence-electron chi connectivity index (χ0n) is 17.2. The van der Waals surface area contributed by atoms with Crippen LogP contribution in [0, 0.1) is 0 Å². The number of rotatable bonds is 7. The monoisotopic (exact) mass is 426 g/mol. The Labute approximate surface area is 180 Å². The molecule has 1 N–H and O–H groups in total. The van der Waals surface area contributed by atoms with Crippen LogP contribution in [0.1, 0.15) is 42.8 Å². The fourth-order valence-corrected chi connectivity index (χ4v) is 5.26. The van der Waals surface area contributed by atoms with Gasteiger partial charge in [0.1, 0.15) is 11.0 Å². The molecule has 0 aliphatic carbocycles. The minimum atomic E-state index is -0.778. The third kappa shape index (κ3) is 4.00. The van der Waals surface area contributed by atoms with Crippen LogP contribution in [-0.4, -0.2) is 47.3 Å². The molecule has 0 bridgehead atoms. The largest absolute Gasteiger partial charge is 0.493 e. The van der Waals surface area contributed by atoms with E-state index in [2.05, 4.69) is 11.0 Å². The van der Waals surface area contributed by atoms with Crippen molar-refractivity contribution >= 4 is 27.5 Å². The number of methoxy groups -OCH3 is 1. The number of ether oxygens (including phenoxy) is 2. The first-order valence-corrected chi connectivity index (χ1v) is 11.1. The second-order valence-electron chi connectivity index (χ2n) is 7.35. The zero-order chi connectivity index (χ0) is 21.1. The molecule has 2 heterocycles. The van der Waals surface area contributed by atoms with E-state index in [1.807, 2.05) is 43.3 Å². The van der Waals surface area contributed by atoms with Gasteiger partial charge in [-0.05, 0) is 49.6 Å². The van der Waals surface area contributed by atoms with Crippen LogP contribution in [0.2, 0.25) is 0 Å². The van der Waals surface area contributed by atoms with E-state index in [1.165, 1.54) is 0 Å². The van der Waals surface area contributed by atoms with Crippen molar-refractivity contribution in [2.24, 2.45) is 0 Å². The molecule has 2 atom stereocenters. The highest BCUT2D eigenvalue weighted by Crippen LogP contribution is 2.40.